The number of sulfone groups is 1. The molecule has 0 spiro atoms. The van der Waals surface area contributed by atoms with Crippen LogP contribution in [0.25, 0.3) is 10.9 Å². The van der Waals surface area contributed by atoms with Gasteiger partial charge in [0.25, 0.3) is 11.8 Å². The Morgan fingerprint density at radius 2 is 1.81 bits per heavy atom. The Labute approximate surface area is 211 Å². The number of halogens is 2. The molecule has 36 heavy (non-hydrogen) atoms. The summed E-state index contributed by atoms with van der Waals surface area (Å²) in [6.45, 7) is 3.83. The lowest BCUT2D eigenvalue weighted by atomic mass is 10.1. The van der Waals surface area contributed by atoms with Crippen molar-refractivity contribution in [1.82, 2.24) is 14.8 Å². The fourth-order valence-corrected chi connectivity index (χ4v) is 4.56. The first-order valence-corrected chi connectivity index (χ1v) is 12.9. The minimum atomic E-state index is -3.30. The number of carbonyl (C=O) groups excluding carboxylic acids is 2. The molecule has 0 unspecified atom stereocenters. The number of anilines is 1. The Balaban J connectivity index is 1.67. The van der Waals surface area contributed by atoms with Crippen molar-refractivity contribution in [3.05, 3.63) is 81.5 Å². The van der Waals surface area contributed by atoms with Crippen LogP contribution in [-0.4, -0.2) is 41.3 Å². The Morgan fingerprint density at radius 3 is 2.42 bits per heavy atom. The third kappa shape index (κ3) is 4.93. The lowest BCUT2D eigenvalue weighted by Gasteiger charge is -2.11. The van der Waals surface area contributed by atoms with Gasteiger partial charge in [-0.2, -0.15) is 5.10 Å². The average Bonchev–Trinajstić information content (AvgIpc) is 3.06. The number of primary amides is 1. The lowest BCUT2D eigenvalue weighted by Crippen LogP contribution is -2.18. The number of nitrogens with zero attached hydrogens (tertiary/aromatic N) is 3. The van der Waals surface area contributed by atoms with E-state index in [1.807, 2.05) is 0 Å². The lowest BCUT2D eigenvalue weighted by molar-refractivity contribution is 0.0996. The molecule has 3 N–H and O–H groups in total. The Morgan fingerprint density at radius 1 is 1.14 bits per heavy atom. The van der Waals surface area contributed by atoms with Gasteiger partial charge in [-0.1, -0.05) is 23.7 Å². The molecule has 2 aromatic carbocycles. The van der Waals surface area contributed by atoms with Crippen molar-refractivity contribution in [3.63, 3.8) is 0 Å². The van der Waals surface area contributed by atoms with Crippen molar-refractivity contribution < 1.29 is 22.4 Å². The molecule has 4 rings (SSSR count). The van der Waals surface area contributed by atoms with Crippen molar-refractivity contribution in [3.8, 4) is 0 Å². The van der Waals surface area contributed by atoms with Crippen LogP contribution in [-0.2, 0) is 16.4 Å². The van der Waals surface area contributed by atoms with Gasteiger partial charge in [-0.05, 0) is 43.7 Å². The van der Waals surface area contributed by atoms with Gasteiger partial charge in [-0.15, -0.1) is 0 Å². The number of aromatic nitrogens is 3. The highest BCUT2D eigenvalue weighted by Crippen LogP contribution is 2.27. The van der Waals surface area contributed by atoms with Crippen LogP contribution in [0, 0.1) is 19.7 Å². The zero-order chi connectivity index (χ0) is 26.4. The molecule has 9 nitrogen and oxygen atoms in total. The van der Waals surface area contributed by atoms with Crippen LogP contribution in [0.5, 0.6) is 0 Å². The van der Waals surface area contributed by atoms with E-state index < -0.39 is 27.5 Å². The van der Waals surface area contributed by atoms with Crippen LogP contribution in [0.2, 0.25) is 5.02 Å². The molecule has 0 bridgehead atoms. The van der Waals surface area contributed by atoms with Crippen LogP contribution < -0.4 is 11.1 Å². The molecule has 0 saturated carbocycles. The first-order chi connectivity index (χ1) is 16.8. The van der Waals surface area contributed by atoms with Gasteiger partial charge in [0.15, 0.2) is 9.84 Å². The zero-order valence-corrected chi connectivity index (χ0v) is 21.0. The van der Waals surface area contributed by atoms with Crippen molar-refractivity contribution in [2.45, 2.75) is 25.3 Å². The summed E-state index contributed by atoms with van der Waals surface area (Å²) >= 11 is 5.92. The van der Waals surface area contributed by atoms with Crippen LogP contribution in [0.1, 0.15) is 37.8 Å². The van der Waals surface area contributed by atoms with E-state index in [-0.39, 0.29) is 32.1 Å². The van der Waals surface area contributed by atoms with E-state index in [0.717, 1.165) is 17.9 Å². The number of nitrogens with one attached hydrogen (secondary N) is 1. The highest BCUT2D eigenvalue weighted by molar-refractivity contribution is 7.90. The standard InChI is InChI=1S/C24H21ClFN5O4S/c1-12-22(13(2)31(30-12)11-14-4-6-15(7-5-14)36(3,34)35)29-24(33)17-9-21(23(27)32)28-20-10-19(26)18(25)8-16(17)20/h4-10H,11H2,1-3H3,(H2,27,32)(H,29,33). The first-order valence-electron chi connectivity index (χ1n) is 10.6. The molecule has 4 aromatic rings. The summed E-state index contributed by atoms with van der Waals surface area (Å²) in [7, 11) is -3.30. The van der Waals surface area contributed by atoms with E-state index in [4.69, 9.17) is 17.3 Å². The third-order valence-corrected chi connectivity index (χ3v) is 7.07. The highest BCUT2D eigenvalue weighted by Gasteiger charge is 2.20. The Kier molecular flexibility index (Phi) is 6.54. The summed E-state index contributed by atoms with van der Waals surface area (Å²) in [5, 5.41) is 7.33. The summed E-state index contributed by atoms with van der Waals surface area (Å²) in [6, 6.07) is 9.97. The van der Waals surface area contributed by atoms with E-state index in [1.54, 1.807) is 30.7 Å². The zero-order valence-electron chi connectivity index (χ0n) is 19.5. The van der Waals surface area contributed by atoms with E-state index in [0.29, 0.717) is 23.6 Å². The summed E-state index contributed by atoms with van der Waals surface area (Å²) in [5.41, 5.74) is 7.69. The van der Waals surface area contributed by atoms with Gasteiger partial charge in [0, 0.05) is 17.7 Å². The minimum absolute atomic E-state index is 0.0404. The smallest absolute Gasteiger partial charge is 0.267 e. The summed E-state index contributed by atoms with van der Waals surface area (Å²) in [4.78, 5) is 29.3. The van der Waals surface area contributed by atoms with Crippen molar-refractivity contribution in [2.24, 2.45) is 5.73 Å². The molecular weight excluding hydrogens is 509 g/mol. The molecule has 0 aliphatic carbocycles. The number of hydrogen-bond donors (Lipinski definition) is 2. The number of rotatable bonds is 6. The molecule has 2 amide bonds. The maximum absolute atomic E-state index is 14.0. The summed E-state index contributed by atoms with van der Waals surface area (Å²) < 4.78 is 39.0. The molecule has 0 aliphatic heterocycles. The van der Waals surface area contributed by atoms with E-state index in [1.165, 1.54) is 24.3 Å². The Hall–Kier alpha value is -3.83. The van der Waals surface area contributed by atoms with Crippen LogP contribution in [0.3, 0.4) is 0 Å². The number of hydrogen-bond acceptors (Lipinski definition) is 6. The molecular formula is C24H21ClFN5O4S. The quantitative estimate of drug-likeness (QED) is 0.391. The summed E-state index contributed by atoms with van der Waals surface area (Å²) in [5.74, 6) is -2.21. The van der Waals surface area contributed by atoms with Gasteiger partial charge in [-0.3, -0.25) is 14.3 Å². The molecule has 0 radical (unpaired) electrons. The molecule has 186 valence electrons. The van der Waals surface area contributed by atoms with Gasteiger partial charge >= 0.3 is 0 Å². The number of benzene rings is 2. The van der Waals surface area contributed by atoms with Gasteiger partial charge in [0.1, 0.15) is 11.5 Å². The number of nitrogens with two attached hydrogens (primary N) is 1. The van der Waals surface area contributed by atoms with Gasteiger partial charge in [0.2, 0.25) is 0 Å². The fraction of sp³-hybridized carbons (Fsp3) is 0.167. The predicted molar refractivity (Wildman–Crippen MR) is 134 cm³/mol. The molecule has 0 saturated heterocycles. The third-order valence-electron chi connectivity index (χ3n) is 5.65. The fourth-order valence-electron chi connectivity index (χ4n) is 3.76. The number of carbonyl (C=O) groups is 2. The molecule has 2 heterocycles. The number of amides is 2. The van der Waals surface area contributed by atoms with Gasteiger partial charge in [-0.25, -0.2) is 17.8 Å². The maximum atomic E-state index is 14.0. The topological polar surface area (TPSA) is 137 Å². The first kappa shape index (κ1) is 25.3. The van der Waals surface area contributed by atoms with E-state index in [9.17, 15) is 22.4 Å². The minimum Gasteiger partial charge on any atom is -0.364 e. The van der Waals surface area contributed by atoms with Crippen LogP contribution >= 0.6 is 11.6 Å². The summed E-state index contributed by atoms with van der Waals surface area (Å²) in [6.07, 6.45) is 1.14. The van der Waals surface area contributed by atoms with Crippen molar-refractivity contribution in [1.29, 1.82) is 0 Å². The highest BCUT2D eigenvalue weighted by atomic mass is 35.5. The van der Waals surface area contributed by atoms with Crippen molar-refractivity contribution >= 4 is 49.8 Å². The second-order valence-corrected chi connectivity index (χ2v) is 10.7. The molecule has 2 aromatic heterocycles. The van der Waals surface area contributed by atoms with Crippen LogP contribution in [0.15, 0.2) is 47.4 Å². The number of fused-ring (bicyclic) bond motifs is 1. The Bertz CT molecular complexity index is 1650. The van der Waals surface area contributed by atoms with E-state index >= 15 is 0 Å². The van der Waals surface area contributed by atoms with Gasteiger partial charge in [0.05, 0.1) is 44.6 Å². The monoisotopic (exact) mass is 529 g/mol. The number of aryl methyl sites for hydroxylation is 1. The maximum Gasteiger partial charge on any atom is 0.267 e. The largest absolute Gasteiger partial charge is 0.364 e. The number of pyridine rings is 1. The molecule has 0 aliphatic rings. The van der Waals surface area contributed by atoms with Crippen LogP contribution in [0.4, 0.5) is 10.1 Å². The SMILES string of the molecule is Cc1nn(Cc2ccc(S(C)(=O)=O)cc2)c(C)c1NC(=O)c1cc(C(N)=O)nc2cc(F)c(Cl)cc12. The normalized spacial score (nSPS) is 11.6. The van der Waals surface area contributed by atoms with Crippen molar-refractivity contribution in [2.75, 3.05) is 11.6 Å². The molecule has 0 fully saturated rings. The second kappa shape index (κ2) is 9.32. The average molecular weight is 530 g/mol. The molecule has 12 heteroatoms. The second-order valence-electron chi connectivity index (χ2n) is 8.28. The van der Waals surface area contributed by atoms with Gasteiger partial charge < -0.3 is 11.1 Å². The van der Waals surface area contributed by atoms with E-state index in [2.05, 4.69) is 15.4 Å². The predicted octanol–water partition coefficient (Wildman–Crippen LogP) is 3.64. The molecule has 0 atom stereocenters.